The molecular weight excluding hydrogens is 376 g/mol. The molecule has 0 aromatic heterocycles. The minimum Gasteiger partial charge on any atom is -0.497 e. The number of aryl methyl sites for hydroxylation is 1. The second-order valence-electron chi connectivity index (χ2n) is 6.92. The van der Waals surface area contributed by atoms with Gasteiger partial charge in [-0.15, -0.1) is 0 Å². The molecule has 2 aromatic rings. The maximum atomic E-state index is 12.9. The van der Waals surface area contributed by atoms with Crippen LogP contribution in [-0.2, 0) is 21.2 Å². The number of hydrogen-bond donors (Lipinski definition) is 1. The number of carbonyl (C=O) groups excluding carboxylic acids is 1. The molecule has 1 atom stereocenters. The Hall–Kier alpha value is -2.38. The highest BCUT2D eigenvalue weighted by atomic mass is 32.2. The van der Waals surface area contributed by atoms with Crippen LogP contribution >= 0.6 is 0 Å². The van der Waals surface area contributed by atoms with Gasteiger partial charge in [0.05, 0.1) is 17.9 Å². The number of sulfonamides is 1. The fourth-order valence-corrected chi connectivity index (χ4v) is 4.86. The van der Waals surface area contributed by atoms with E-state index < -0.39 is 10.0 Å². The highest BCUT2D eigenvalue weighted by molar-refractivity contribution is 7.89. The third-order valence-corrected chi connectivity index (χ3v) is 6.96. The molecule has 1 heterocycles. The highest BCUT2D eigenvalue weighted by Crippen LogP contribution is 2.26. The van der Waals surface area contributed by atoms with Gasteiger partial charge in [0.1, 0.15) is 5.75 Å². The van der Waals surface area contributed by atoms with Crippen molar-refractivity contribution in [1.82, 2.24) is 4.31 Å². The topological polar surface area (TPSA) is 75.7 Å². The molecule has 1 aliphatic heterocycles. The zero-order chi connectivity index (χ0) is 20.1. The molecule has 7 heteroatoms. The van der Waals surface area contributed by atoms with Crippen molar-refractivity contribution in [2.75, 3.05) is 25.5 Å². The van der Waals surface area contributed by atoms with E-state index in [1.165, 1.54) is 29.1 Å². The van der Waals surface area contributed by atoms with Crippen LogP contribution in [0.4, 0.5) is 5.69 Å². The molecule has 150 valence electrons. The standard InChI is InChI=1S/C21H26N2O4S/c1-3-16-6-8-18(9-7-16)22-21(24)17-5-4-14-23(15-17)28(25,26)20-12-10-19(27-2)11-13-20/h6-13,17H,3-5,14-15H2,1-2H3,(H,22,24)/t17-/m1/s1. The first-order valence-corrected chi connectivity index (χ1v) is 10.9. The average Bonchev–Trinajstić information content (AvgIpc) is 2.74. The number of carbonyl (C=O) groups is 1. The van der Waals surface area contributed by atoms with Gasteiger partial charge < -0.3 is 10.1 Å². The Balaban J connectivity index is 1.68. The molecular formula is C21H26N2O4S. The van der Waals surface area contributed by atoms with E-state index in [2.05, 4.69) is 12.2 Å². The molecule has 3 rings (SSSR count). The van der Waals surface area contributed by atoms with Gasteiger partial charge in [0.2, 0.25) is 15.9 Å². The number of benzene rings is 2. The summed E-state index contributed by atoms with van der Waals surface area (Å²) in [6.45, 7) is 2.68. The minimum absolute atomic E-state index is 0.140. The smallest absolute Gasteiger partial charge is 0.243 e. The van der Waals surface area contributed by atoms with Gasteiger partial charge in [0.15, 0.2) is 0 Å². The highest BCUT2D eigenvalue weighted by Gasteiger charge is 2.33. The number of methoxy groups -OCH3 is 1. The van der Waals surface area contributed by atoms with E-state index in [0.29, 0.717) is 25.1 Å². The summed E-state index contributed by atoms with van der Waals surface area (Å²) in [7, 11) is -2.10. The Kier molecular flexibility index (Phi) is 6.36. The first-order valence-electron chi connectivity index (χ1n) is 9.48. The van der Waals surface area contributed by atoms with Crippen LogP contribution in [0.25, 0.3) is 0 Å². The maximum Gasteiger partial charge on any atom is 0.243 e. The molecule has 0 aliphatic carbocycles. The van der Waals surface area contributed by atoms with Crippen molar-refractivity contribution < 1.29 is 17.9 Å². The Bertz CT molecular complexity index is 908. The van der Waals surface area contributed by atoms with E-state index in [1.807, 2.05) is 24.3 Å². The monoisotopic (exact) mass is 402 g/mol. The molecule has 1 aliphatic rings. The second-order valence-corrected chi connectivity index (χ2v) is 8.86. The fourth-order valence-electron chi connectivity index (χ4n) is 3.34. The van der Waals surface area contributed by atoms with Crippen LogP contribution in [0.3, 0.4) is 0 Å². The molecule has 0 saturated carbocycles. The van der Waals surface area contributed by atoms with Crippen LogP contribution in [0.15, 0.2) is 53.4 Å². The van der Waals surface area contributed by atoms with Crippen LogP contribution in [0.2, 0.25) is 0 Å². The summed E-state index contributed by atoms with van der Waals surface area (Å²) in [5.74, 6) is 0.0930. The van der Waals surface area contributed by atoms with Gasteiger partial charge in [-0.2, -0.15) is 4.31 Å². The van der Waals surface area contributed by atoms with Crippen molar-refractivity contribution >= 4 is 21.6 Å². The van der Waals surface area contributed by atoms with Crippen LogP contribution in [0, 0.1) is 5.92 Å². The summed E-state index contributed by atoms with van der Waals surface area (Å²) in [6.07, 6.45) is 2.27. The first kappa shape index (κ1) is 20.4. The van der Waals surface area contributed by atoms with Gasteiger partial charge in [-0.1, -0.05) is 19.1 Å². The van der Waals surface area contributed by atoms with Crippen LogP contribution < -0.4 is 10.1 Å². The first-order chi connectivity index (χ1) is 13.4. The molecule has 0 bridgehead atoms. The molecule has 1 fully saturated rings. The van der Waals surface area contributed by atoms with Crippen molar-refractivity contribution in [2.24, 2.45) is 5.92 Å². The Morgan fingerprint density at radius 1 is 1.14 bits per heavy atom. The van der Waals surface area contributed by atoms with Crippen LogP contribution in [0.1, 0.15) is 25.3 Å². The van der Waals surface area contributed by atoms with E-state index in [-0.39, 0.29) is 23.3 Å². The molecule has 28 heavy (non-hydrogen) atoms. The molecule has 1 N–H and O–H groups in total. The zero-order valence-corrected chi connectivity index (χ0v) is 17.0. The fraction of sp³-hybridized carbons (Fsp3) is 0.381. The van der Waals surface area contributed by atoms with Gasteiger partial charge in [0.25, 0.3) is 0 Å². The van der Waals surface area contributed by atoms with Crippen molar-refractivity contribution in [3.63, 3.8) is 0 Å². The Labute approximate surface area is 166 Å². The lowest BCUT2D eigenvalue weighted by Crippen LogP contribution is -2.43. The summed E-state index contributed by atoms with van der Waals surface area (Å²) in [5.41, 5.74) is 1.93. The number of hydrogen-bond acceptors (Lipinski definition) is 4. The lowest BCUT2D eigenvalue weighted by Gasteiger charge is -2.31. The summed E-state index contributed by atoms with van der Waals surface area (Å²) < 4.78 is 32.4. The summed E-state index contributed by atoms with van der Waals surface area (Å²) >= 11 is 0. The SMILES string of the molecule is CCc1ccc(NC(=O)[C@@H]2CCCN(S(=O)(=O)c3ccc(OC)cc3)C2)cc1. The summed E-state index contributed by atoms with van der Waals surface area (Å²) in [5, 5.41) is 2.91. The molecule has 0 radical (unpaired) electrons. The van der Waals surface area contributed by atoms with Gasteiger partial charge in [-0.3, -0.25) is 4.79 Å². The average molecular weight is 403 g/mol. The second kappa shape index (κ2) is 8.75. The van der Waals surface area contributed by atoms with Crippen molar-refractivity contribution in [3.05, 3.63) is 54.1 Å². The lowest BCUT2D eigenvalue weighted by molar-refractivity contribution is -0.120. The molecule has 6 nitrogen and oxygen atoms in total. The van der Waals surface area contributed by atoms with E-state index in [0.717, 1.165) is 12.1 Å². The molecule has 0 unspecified atom stereocenters. The van der Waals surface area contributed by atoms with E-state index in [9.17, 15) is 13.2 Å². The Morgan fingerprint density at radius 2 is 1.82 bits per heavy atom. The number of piperidine rings is 1. The zero-order valence-electron chi connectivity index (χ0n) is 16.2. The number of ether oxygens (including phenoxy) is 1. The quantitative estimate of drug-likeness (QED) is 0.804. The van der Waals surface area contributed by atoms with Crippen molar-refractivity contribution in [3.8, 4) is 5.75 Å². The number of rotatable bonds is 6. The van der Waals surface area contributed by atoms with Gasteiger partial charge in [-0.05, 0) is 61.2 Å². The van der Waals surface area contributed by atoms with Crippen LogP contribution in [0.5, 0.6) is 5.75 Å². The van der Waals surface area contributed by atoms with Gasteiger partial charge in [0, 0.05) is 18.8 Å². The largest absolute Gasteiger partial charge is 0.497 e. The third kappa shape index (κ3) is 4.54. The Morgan fingerprint density at radius 3 is 2.43 bits per heavy atom. The molecule has 2 aromatic carbocycles. The van der Waals surface area contributed by atoms with Crippen LogP contribution in [-0.4, -0.2) is 38.8 Å². The van der Waals surface area contributed by atoms with Gasteiger partial charge >= 0.3 is 0 Å². The normalized spacial score (nSPS) is 17.9. The molecule has 1 saturated heterocycles. The predicted molar refractivity (Wildman–Crippen MR) is 109 cm³/mol. The van der Waals surface area contributed by atoms with E-state index >= 15 is 0 Å². The molecule has 1 amide bonds. The van der Waals surface area contributed by atoms with E-state index in [1.54, 1.807) is 12.1 Å². The van der Waals surface area contributed by atoms with Crippen molar-refractivity contribution in [1.29, 1.82) is 0 Å². The minimum atomic E-state index is -3.64. The lowest BCUT2D eigenvalue weighted by atomic mass is 9.98. The predicted octanol–water partition coefficient (Wildman–Crippen LogP) is 3.30. The molecule has 0 spiro atoms. The third-order valence-electron chi connectivity index (χ3n) is 5.08. The van der Waals surface area contributed by atoms with Crippen molar-refractivity contribution in [2.45, 2.75) is 31.1 Å². The van der Waals surface area contributed by atoms with Gasteiger partial charge in [-0.25, -0.2) is 8.42 Å². The number of nitrogens with one attached hydrogen (secondary N) is 1. The number of amides is 1. The summed E-state index contributed by atoms with van der Waals surface area (Å²) in [6, 6.07) is 14.0. The maximum absolute atomic E-state index is 12.9. The van der Waals surface area contributed by atoms with E-state index in [4.69, 9.17) is 4.74 Å². The number of nitrogens with zero attached hydrogens (tertiary/aromatic N) is 1. The number of anilines is 1. The summed E-state index contributed by atoms with van der Waals surface area (Å²) in [4.78, 5) is 12.9.